The standard InChI is InChI=1S/C13H21N3O2/c1-9(2)16-8-11(7-14-16)15-12(17)13(3,18)10-5-4-6-10/h7-10,18H,4-6H2,1-3H3,(H,15,17). The summed E-state index contributed by atoms with van der Waals surface area (Å²) in [6, 6.07) is 0.253. The van der Waals surface area contributed by atoms with Gasteiger partial charge in [-0.2, -0.15) is 5.10 Å². The minimum atomic E-state index is -1.28. The molecule has 1 saturated carbocycles. The predicted molar refractivity (Wildman–Crippen MR) is 69.2 cm³/mol. The third-order valence-corrected chi connectivity index (χ3v) is 3.75. The molecule has 100 valence electrons. The Morgan fingerprint density at radius 3 is 2.72 bits per heavy atom. The Kier molecular flexibility index (Phi) is 3.43. The fraction of sp³-hybridized carbons (Fsp3) is 0.692. The van der Waals surface area contributed by atoms with Crippen LogP contribution in [0.25, 0.3) is 0 Å². The molecule has 18 heavy (non-hydrogen) atoms. The van der Waals surface area contributed by atoms with Crippen molar-refractivity contribution in [2.75, 3.05) is 5.32 Å². The number of rotatable bonds is 4. The van der Waals surface area contributed by atoms with Crippen LogP contribution in [-0.4, -0.2) is 26.4 Å². The van der Waals surface area contributed by atoms with Crippen molar-refractivity contribution in [3.05, 3.63) is 12.4 Å². The summed E-state index contributed by atoms with van der Waals surface area (Å²) in [6.07, 6.45) is 6.32. The van der Waals surface area contributed by atoms with Gasteiger partial charge in [0.1, 0.15) is 5.60 Å². The van der Waals surface area contributed by atoms with Crippen molar-refractivity contribution < 1.29 is 9.90 Å². The van der Waals surface area contributed by atoms with Crippen LogP contribution in [0.5, 0.6) is 0 Å². The number of amides is 1. The van der Waals surface area contributed by atoms with Gasteiger partial charge in [-0.25, -0.2) is 0 Å². The van der Waals surface area contributed by atoms with Gasteiger partial charge in [-0.15, -0.1) is 0 Å². The molecule has 1 heterocycles. The Balaban J connectivity index is 2.01. The average Bonchev–Trinajstić information content (AvgIpc) is 2.62. The highest BCUT2D eigenvalue weighted by atomic mass is 16.3. The molecule has 1 amide bonds. The zero-order valence-corrected chi connectivity index (χ0v) is 11.2. The quantitative estimate of drug-likeness (QED) is 0.859. The maximum Gasteiger partial charge on any atom is 0.256 e. The van der Waals surface area contributed by atoms with Crippen molar-refractivity contribution in [2.45, 2.75) is 51.7 Å². The number of carbonyl (C=O) groups excluding carboxylic acids is 1. The van der Waals surface area contributed by atoms with Gasteiger partial charge < -0.3 is 10.4 Å². The van der Waals surface area contributed by atoms with Crippen LogP contribution >= 0.6 is 0 Å². The van der Waals surface area contributed by atoms with Crippen molar-refractivity contribution in [2.24, 2.45) is 5.92 Å². The lowest BCUT2D eigenvalue weighted by Gasteiger charge is -2.37. The lowest BCUT2D eigenvalue weighted by atomic mass is 9.73. The molecular weight excluding hydrogens is 230 g/mol. The van der Waals surface area contributed by atoms with Gasteiger partial charge in [0.05, 0.1) is 11.9 Å². The Bertz CT molecular complexity index is 433. The van der Waals surface area contributed by atoms with Gasteiger partial charge >= 0.3 is 0 Å². The normalized spacial score (nSPS) is 19.4. The molecule has 2 rings (SSSR count). The molecule has 0 spiro atoms. The Morgan fingerprint density at radius 1 is 1.61 bits per heavy atom. The molecule has 1 aliphatic rings. The van der Waals surface area contributed by atoms with Crippen LogP contribution in [0, 0.1) is 5.92 Å². The molecular formula is C13H21N3O2. The first-order valence-electron chi connectivity index (χ1n) is 6.49. The third-order valence-electron chi connectivity index (χ3n) is 3.75. The summed E-state index contributed by atoms with van der Waals surface area (Å²) in [5.74, 6) is -0.256. The molecule has 0 aliphatic heterocycles. The molecule has 1 atom stereocenters. The molecule has 2 N–H and O–H groups in total. The summed E-state index contributed by atoms with van der Waals surface area (Å²) in [5, 5.41) is 17.1. The van der Waals surface area contributed by atoms with Crippen molar-refractivity contribution in [1.82, 2.24) is 9.78 Å². The van der Waals surface area contributed by atoms with Crippen LogP contribution in [0.2, 0.25) is 0 Å². The van der Waals surface area contributed by atoms with E-state index in [4.69, 9.17) is 0 Å². The van der Waals surface area contributed by atoms with Crippen molar-refractivity contribution in [3.63, 3.8) is 0 Å². The number of aliphatic hydroxyl groups is 1. The minimum absolute atomic E-state index is 0.0812. The molecule has 1 aromatic heterocycles. The molecule has 5 nitrogen and oxygen atoms in total. The maximum atomic E-state index is 12.0. The summed E-state index contributed by atoms with van der Waals surface area (Å²) in [5.41, 5.74) is -0.647. The van der Waals surface area contributed by atoms with E-state index in [-0.39, 0.29) is 17.9 Å². The smallest absolute Gasteiger partial charge is 0.256 e. The fourth-order valence-corrected chi connectivity index (χ4v) is 2.10. The van der Waals surface area contributed by atoms with Gasteiger partial charge in [0, 0.05) is 12.2 Å². The number of nitrogens with one attached hydrogen (secondary N) is 1. The van der Waals surface area contributed by atoms with Gasteiger partial charge in [-0.1, -0.05) is 6.42 Å². The number of nitrogens with zero attached hydrogens (tertiary/aromatic N) is 2. The zero-order chi connectivity index (χ0) is 13.3. The van der Waals surface area contributed by atoms with Gasteiger partial charge in [-0.05, 0) is 39.5 Å². The largest absolute Gasteiger partial charge is 0.380 e. The molecule has 0 radical (unpaired) electrons. The third kappa shape index (κ3) is 2.41. The second kappa shape index (κ2) is 4.72. The minimum Gasteiger partial charge on any atom is -0.380 e. The Labute approximate surface area is 107 Å². The molecule has 5 heteroatoms. The van der Waals surface area contributed by atoms with Gasteiger partial charge in [0.25, 0.3) is 5.91 Å². The van der Waals surface area contributed by atoms with E-state index in [1.54, 1.807) is 24.0 Å². The van der Waals surface area contributed by atoms with E-state index in [2.05, 4.69) is 10.4 Å². The van der Waals surface area contributed by atoms with Crippen LogP contribution in [0.4, 0.5) is 5.69 Å². The number of hydrogen-bond acceptors (Lipinski definition) is 3. The first kappa shape index (κ1) is 13.1. The summed E-state index contributed by atoms with van der Waals surface area (Å²) < 4.78 is 1.77. The first-order chi connectivity index (χ1) is 8.41. The highest BCUT2D eigenvalue weighted by molar-refractivity contribution is 5.96. The van der Waals surface area contributed by atoms with Crippen LogP contribution in [0.1, 0.15) is 46.1 Å². The summed E-state index contributed by atoms with van der Waals surface area (Å²) in [6.45, 7) is 5.63. The van der Waals surface area contributed by atoms with E-state index in [0.717, 1.165) is 19.3 Å². The zero-order valence-electron chi connectivity index (χ0n) is 11.2. The number of carbonyl (C=O) groups is 1. The van der Waals surface area contributed by atoms with E-state index < -0.39 is 5.60 Å². The topological polar surface area (TPSA) is 67.2 Å². The van der Waals surface area contributed by atoms with Gasteiger partial charge in [-0.3, -0.25) is 9.48 Å². The molecule has 0 aromatic carbocycles. The number of aromatic nitrogens is 2. The van der Waals surface area contributed by atoms with E-state index >= 15 is 0 Å². The predicted octanol–water partition coefficient (Wildman–Crippen LogP) is 1.95. The van der Waals surface area contributed by atoms with Crippen LogP contribution < -0.4 is 5.32 Å². The Morgan fingerprint density at radius 2 is 2.28 bits per heavy atom. The fourth-order valence-electron chi connectivity index (χ4n) is 2.10. The highest BCUT2D eigenvalue weighted by Crippen LogP contribution is 2.36. The monoisotopic (exact) mass is 251 g/mol. The van der Waals surface area contributed by atoms with Crippen LogP contribution in [0.15, 0.2) is 12.4 Å². The SMILES string of the molecule is CC(C)n1cc(NC(=O)C(C)(O)C2CCC2)cn1. The van der Waals surface area contributed by atoms with E-state index in [1.165, 1.54) is 0 Å². The lowest BCUT2D eigenvalue weighted by Crippen LogP contribution is -2.49. The Hall–Kier alpha value is -1.36. The molecule has 0 saturated heterocycles. The molecule has 1 unspecified atom stereocenters. The van der Waals surface area contributed by atoms with Crippen LogP contribution in [0.3, 0.4) is 0 Å². The van der Waals surface area contributed by atoms with Gasteiger partial charge in [0.15, 0.2) is 0 Å². The second-order valence-electron chi connectivity index (χ2n) is 5.53. The lowest BCUT2D eigenvalue weighted by molar-refractivity contribution is -0.141. The first-order valence-corrected chi connectivity index (χ1v) is 6.49. The molecule has 0 bridgehead atoms. The van der Waals surface area contributed by atoms with Crippen LogP contribution in [-0.2, 0) is 4.79 Å². The molecule has 1 fully saturated rings. The summed E-state index contributed by atoms with van der Waals surface area (Å²) in [4.78, 5) is 12.0. The van der Waals surface area contributed by atoms with Crippen molar-refractivity contribution in [3.8, 4) is 0 Å². The maximum absolute atomic E-state index is 12.0. The average molecular weight is 251 g/mol. The van der Waals surface area contributed by atoms with E-state index in [9.17, 15) is 9.90 Å². The van der Waals surface area contributed by atoms with Gasteiger partial charge in [0.2, 0.25) is 0 Å². The van der Waals surface area contributed by atoms with E-state index in [1.807, 2.05) is 13.8 Å². The molecule has 1 aliphatic carbocycles. The summed E-state index contributed by atoms with van der Waals surface area (Å²) >= 11 is 0. The number of hydrogen-bond donors (Lipinski definition) is 2. The second-order valence-corrected chi connectivity index (χ2v) is 5.53. The van der Waals surface area contributed by atoms with Crippen molar-refractivity contribution in [1.29, 1.82) is 0 Å². The van der Waals surface area contributed by atoms with Crippen molar-refractivity contribution >= 4 is 11.6 Å². The highest BCUT2D eigenvalue weighted by Gasteiger charge is 2.42. The molecule has 1 aromatic rings. The van der Waals surface area contributed by atoms with E-state index in [0.29, 0.717) is 5.69 Å². The number of anilines is 1. The summed E-state index contributed by atoms with van der Waals surface area (Å²) in [7, 11) is 0.